The Bertz CT molecular complexity index is 918. The predicted molar refractivity (Wildman–Crippen MR) is 133 cm³/mol. The number of benzene rings is 1. The van der Waals surface area contributed by atoms with Gasteiger partial charge < -0.3 is 15.2 Å². The van der Waals surface area contributed by atoms with Gasteiger partial charge in [0.25, 0.3) is 0 Å². The maximum absolute atomic E-state index is 12.8. The largest absolute Gasteiger partial charge is 0.369 e. The topological polar surface area (TPSA) is 94.1 Å². The van der Waals surface area contributed by atoms with E-state index in [4.69, 9.17) is 17.3 Å². The second kappa shape index (κ2) is 13.0. The molecule has 1 aromatic carbocycles. The molecule has 0 aliphatic carbocycles. The molecule has 3 rings (SSSR count). The van der Waals surface area contributed by atoms with Crippen molar-refractivity contribution >= 4 is 35.2 Å². The first-order valence-corrected chi connectivity index (χ1v) is 13.2. The van der Waals surface area contributed by atoms with Gasteiger partial charge >= 0.3 is 0 Å². The number of unbranched alkanes of at least 4 members (excludes halogenated alkanes) is 5. The molecule has 7 nitrogen and oxygen atoms in total. The van der Waals surface area contributed by atoms with Crippen LogP contribution in [0.3, 0.4) is 0 Å². The number of nitrogens with two attached hydrogens (primary N) is 1. The highest BCUT2D eigenvalue weighted by Crippen LogP contribution is 2.27. The van der Waals surface area contributed by atoms with Crippen LogP contribution in [0.5, 0.6) is 0 Å². The third kappa shape index (κ3) is 7.47. The zero-order valence-electron chi connectivity index (χ0n) is 19.3. The molecular weight excluding hydrogens is 458 g/mol. The number of carbonyl (C=O) groups is 2. The molecule has 1 unspecified atom stereocenters. The van der Waals surface area contributed by atoms with E-state index in [-0.39, 0.29) is 23.5 Å². The predicted octanol–water partition coefficient (Wildman–Crippen LogP) is 4.78. The standard InChI is InChI=1S/C24H34ClN5O2S/c1-2-3-4-5-6-7-15-30-23(18-10-12-20(25)13-11-18)27-28-24(30)33-17-21(31)29-14-8-9-19(16-29)22(26)32/h10-13,19H,2-9,14-17H2,1H3,(H2,26,32). The summed E-state index contributed by atoms with van der Waals surface area (Å²) in [6, 6.07) is 7.59. The Kier molecular flexibility index (Phi) is 10.1. The zero-order chi connectivity index (χ0) is 23.6. The van der Waals surface area contributed by atoms with Crippen molar-refractivity contribution in [3.8, 4) is 11.4 Å². The van der Waals surface area contributed by atoms with Crippen LogP contribution in [0.2, 0.25) is 5.02 Å². The Morgan fingerprint density at radius 2 is 1.85 bits per heavy atom. The van der Waals surface area contributed by atoms with Crippen molar-refractivity contribution in [2.75, 3.05) is 18.8 Å². The van der Waals surface area contributed by atoms with E-state index in [0.717, 1.165) is 48.8 Å². The van der Waals surface area contributed by atoms with Crippen LogP contribution in [0.15, 0.2) is 29.4 Å². The van der Waals surface area contributed by atoms with Gasteiger partial charge in [-0.2, -0.15) is 0 Å². The van der Waals surface area contributed by atoms with Crippen LogP contribution in [0, 0.1) is 5.92 Å². The van der Waals surface area contributed by atoms with Crippen LogP contribution in [-0.4, -0.2) is 50.3 Å². The number of thioether (sulfide) groups is 1. The van der Waals surface area contributed by atoms with Gasteiger partial charge in [-0.3, -0.25) is 9.59 Å². The van der Waals surface area contributed by atoms with Crippen LogP contribution < -0.4 is 5.73 Å². The first-order valence-electron chi connectivity index (χ1n) is 11.9. The molecule has 1 saturated heterocycles. The molecule has 2 N–H and O–H groups in total. The van der Waals surface area contributed by atoms with Gasteiger partial charge in [-0.25, -0.2) is 0 Å². The molecule has 2 heterocycles. The van der Waals surface area contributed by atoms with Crippen molar-refractivity contribution in [2.45, 2.75) is 70.0 Å². The fourth-order valence-corrected chi connectivity index (χ4v) is 5.11. The maximum atomic E-state index is 12.8. The number of hydrogen-bond acceptors (Lipinski definition) is 5. The summed E-state index contributed by atoms with van der Waals surface area (Å²) in [5.74, 6) is 0.489. The van der Waals surface area contributed by atoms with Gasteiger partial charge in [0, 0.05) is 30.2 Å². The number of hydrogen-bond donors (Lipinski definition) is 1. The maximum Gasteiger partial charge on any atom is 0.233 e. The number of carbonyl (C=O) groups excluding carboxylic acids is 2. The van der Waals surface area contributed by atoms with Crippen molar-refractivity contribution in [3.05, 3.63) is 29.3 Å². The number of piperidine rings is 1. The molecule has 1 aliphatic rings. The van der Waals surface area contributed by atoms with Crippen molar-refractivity contribution < 1.29 is 9.59 Å². The smallest absolute Gasteiger partial charge is 0.233 e. The summed E-state index contributed by atoms with van der Waals surface area (Å²) in [5, 5.41) is 10.3. The third-order valence-corrected chi connectivity index (χ3v) is 7.26. The van der Waals surface area contributed by atoms with Crippen molar-refractivity contribution in [1.82, 2.24) is 19.7 Å². The summed E-state index contributed by atoms with van der Waals surface area (Å²) >= 11 is 7.46. The van der Waals surface area contributed by atoms with Gasteiger partial charge in [-0.1, -0.05) is 62.4 Å². The lowest BCUT2D eigenvalue weighted by atomic mass is 9.97. The lowest BCUT2D eigenvalue weighted by Crippen LogP contribution is -2.44. The van der Waals surface area contributed by atoms with Gasteiger partial charge in [0.2, 0.25) is 11.8 Å². The summed E-state index contributed by atoms with van der Waals surface area (Å²) < 4.78 is 2.11. The summed E-state index contributed by atoms with van der Waals surface area (Å²) in [7, 11) is 0. The second-order valence-electron chi connectivity index (χ2n) is 8.60. The number of halogens is 1. The summed E-state index contributed by atoms with van der Waals surface area (Å²) in [6.07, 6.45) is 8.75. The van der Waals surface area contributed by atoms with Gasteiger partial charge in [-0.15, -0.1) is 10.2 Å². The molecule has 180 valence electrons. The van der Waals surface area contributed by atoms with E-state index in [9.17, 15) is 9.59 Å². The minimum atomic E-state index is -0.327. The average molecular weight is 492 g/mol. The zero-order valence-corrected chi connectivity index (χ0v) is 20.9. The SMILES string of the molecule is CCCCCCCCn1c(SCC(=O)N2CCCC(C(N)=O)C2)nnc1-c1ccc(Cl)cc1. The van der Waals surface area contributed by atoms with Crippen molar-refractivity contribution in [3.63, 3.8) is 0 Å². The number of rotatable bonds is 12. The molecule has 9 heteroatoms. The number of likely N-dealkylation sites (tertiary alicyclic amines) is 1. The normalized spacial score (nSPS) is 16.2. The average Bonchev–Trinajstić information content (AvgIpc) is 3.23. The summed E-state index contributed by atoms with van der Waals surface area (Å²) in [6.45, 7) is 4.11. The van der Waals surface area contributed by atoms with Crippen LogP contribution in [-0.2, 0) is 16.1 Å². The molecule has 0 radical (unpaired) electrons. The van der Waals surface area contributed by atoms with Gasteiger partial charge in [0.05, 0.1) is 11.7 Å². The van der Waals surface area contributed by atoms with Crippen LogP contribution in [0.25, 0.3) is 11.4 Å². The minimum Gasteiger partial charge on any atom is -0.369 e. The summed E-state index contributed by atoms with van der Waals surface area (Å²) in [4.78, 5) is 26.1. The highest BCUT2D eigenvalue weighted by molar-refractivity contribution is 7.99. The lowest BCUT2D eigenvalue weighted by molar-refractivity contribution is -0.132. The fourth-order valence-electron chi connectivity index (χ4n) is 4.11. The number of aromatic nitrogens is 3. The van der Waals surface area contributed by atoms with Crippen molar-refractivity contribution in [2.24, 2.45) is 11.7 Å². The Morgan fingerprint density at radius 1 is 1.12 bits per heavy atom. The minimum absolute atomic E-state index is 0.00751. The van der Waals surface area contributed by atoms with Gasteiger partial charge in [0.15, 0.2) is 11.0 Å². The fraction of sp³-hybridized carbons (Fsp3) is 0.583. The Morgan fingerprint density at radius 3 is 2.58 bits per heavy atom. The van der Waals surface area contributed by atoms with Crippen LogP contribution in [0.1, 0.15) is 58.3 Å². The molecule has 1 aliphatic heterocycles. The number of nitrogens with zero attached hydrogens (tertiary/aromatic N) is 4. The van der Waals surface area contributed by atoms with E-state index in [2.05, 4.69) is 21.7 Å². The van der Waals surface area contributed by atoms with E-state index < -0.39 is 0 Å². The van der Waals surface area contributed by atoms with Crippen LogP contribution in [0.4, 0.5) is 0 Å². The highest BCUT2D eigenvalue weighted by atomic mass is 35.5. The molecule has 1 atom stereocenters. The molecule has 2 aromatic rings. The first kappa shape index (κ1) is 25.6. The molecular formula is C24H34ClN5O2S. The molecule has 1 aromatic heterocycles. The van der Waals surface area contributed by atoms with Crippen LogP contribution >= 0.6 is 23.4 Å². The Labute approximate surface area is 205 Å². The third-order valence-electron chi connectivity index (χ3n) is 6.06. The Balaban J connectivity index is 1.66. The summed E-state index contributed by atoms with van der Waals surface area (Å²) in [5.41, 5.74) is 6.41. The second-order valence-corrected chi connectivity index (χ2v) is 9.98. The molecule has 2 amide bonds. The van der Waals surface area contributed by atoms with E-state index in [1.165, 1.54) is 37.4 Å². The highest BCUT2D eigenvalue weighted by Gasteiger charge is 2.27. The monoisotopic (exact) mass is 491 g/mol. The lowest BCUT2D eigenvalue weighted by Gasteiger charge is -2.31. The molecule has 0 saturated carbocycles. The quantitative estimate of drug-likeness (QED) is 0.340. The molecule has 33 heavy (non-hydrogen) atoms. The first-order chi connectivity index (χ1) is 16.0. The molecule has 0 bridgehead atoms. The van der Waals surface area contributed by atoms with E-state index >= 15 is 0 Å². The van der Waals surface area contributed by atoms with E-state index in [1.54, 1.807) is 4.90 Å². The Hall–Kier alpha value is -2.06. The van der Waals surface area contributed by atoms with E-state index in [1.807, 2.05) is 24.3 Å². The molecule has 0 spiro atoms. The van der Waals surface area contributed by atoms with Crippen molar-refractivity contribution in [1.29, 1.82) is 0 Å². The van der Waals surface area contributed by atoms with E-state index in [0.29, 0.717) is 18.1 Å². The van der Waals surface area contributed by atoms with Gasteiger partial charge in [0.1, 0.15) is 0 Å². The molecule has 1 fully saturated rings. The van der Waals surface area contributed by atoms with Gasteiger partial charge in [-0.05, 0) is 43.5 Å². The number of amides is 2. The number of primary amides is 1.